The number of thiazole rings is 1. The SMILES string of the molecule is CCOC(=O)Cc1csc(-c2ccc(Br)cc2F)n1. The van der Waals surface area contributed by atoms with Gasteiger partial charge in [0.15, 0.2) is 0 Å². The summed E-state index contributed by atoms with van der Waals surface area (Å²) in [5.74, 6) is -0.665. The van der Waals surface area contributed by atoms with Gasteiger partial charge in [0.1, 0.15) is 10.8 Å². The van der Waals surface area contributed by atoms with Gasteiger partial charge in [-0.05, 0) is 25.1 Å². The Morgan fingerprint density at radius 2 is 2.32 bits per heavy atom. The van der Waals surface area contributed by atoms with Crippen LogP contribution >= 0.6 is 27.3 Å². The Kier molecular flexibility index (Phi) is 4.66. The second kappa shape index (κ2) is 6.25. The molecule has 3 nitrogen and oxygen atoms in total. The molecule has 1 heterocycles. The lowest BCUT2D eigenvalue weighted by molar-refractivity contribution is -0.142. The molecule has 6 heteroatoms. The van der Waals surface area contributed by atoms with Gasteiger partial charge in [-0.25, -0.2) is 9.37 Å². The van der Waals surface area contributed by atoms with E-state index in [4.69, 9.17) is 4.74 Å². The van der Waals surface area contributed by atoms with Crippen LogP contribution in [0.25, 0.3) is 10.6 Å². The van der Waals surface area contributed by atoms with Crippen LogP contribution in [0.5, 0.6) is 0 Å². The van der Waals surface area contributed by atoms with E-state index in [2.05, 4.69) is 20.9 Å². The Balaban J connectivity index is 2.18. The average molecular weight is 344 g/mol. The molecule has 0 bridgehead atoms. The lowest BCUT2D eigenvalue weighted by Gasteiger charge is -2.00. The van der Waals surface area contributed by atoms with Gasteiger partial charge in [-0.1, -0.05) is 15.9 Å². The number of hydrogen-bond donors (Lipinski definition) is 0. The number of hydrogen-bond acceptors (Lipinski definition) is 4. The second-order valence-corrected chi connectivity index (χ2v) is 5.52. The fourth-order valence-corrected chi connectivity index (χ4v) is 2.71. The molecule has 19 heavy (non-hydrogen) atoms. The molecule has 1 aromatic heterocycles. The summed E-state index contributed by atoms with van der Waals surface area (Å²) in [5, 5.41) is 2.30. The van der Waals surface area contributed by atoms with E-state index >= 15 is 0 Å². The van der Waals surface area contributed by atoms with E-state index in [1.54, 1.807) is 24.4 Å². The maximum absolute atomic E-state index is 13.8. The van der Waals surface area contributed by atoms with Crippen LogP contribution < -0.4 is 0 Å². The predicted molar refractivity (Wildman–Crippen MR) is 75.5 cm³/mol. The van der Waals surface area contributed by atoms with Crippen molar-refractivity contribution in [3.63, 3.8) is 0 Å². The van der Waals surface area contributed by atoms with E-state index in [0.29, 0.717) is 27.3 Å². The van der Waals surface area contributed by atoms with Crippen molar-refractivity contribution in [2.75, 3.05) is 6.61 Å². The molecule has 2 rings (SSSR count). The molecule has 0 atom stereocenters. The molecule has 0 fully saturated rings. The zero-order valence-electron chi connectivity index (χ0n) is 10.2. The molecule has 1 aromatic carbocycles. The monoisotopic (exact) mass is 343 g/mol. The van der Waals surface area contributed by atoms with Crippen molar-refractivity contribution >= 4 is 33.2 Å². The van der Waals surface area contributed by atoms with Gasteiger partial charge in [0.05, 0.1) is 18.7 Å². The average Bonchev–Trinajstić information content (AvgIpc) is 2.77. The van der Waals surface area contributed by atoms with Gasteiger partial charge in [0, 0.05) is 15.4 Å². The quantitative estimate of drug-likeness (QED) is 0.792. The van der Waals surface area contributed by atoms with Gasteiger partial charge in [-0.2, -0.15) is 0 Å². The summed E-state index contributed by atoms with van der Waals surface area (Å²) in [7, 11) is 0. The first-order valence-electron chi connectivity index (χ1n) is 5.65. The smallest absolute Gasteiger partial charge is 0.311 e. The standard InChI is InChI=1S/C13H11BrFNO2S/c1-2-18-12(17)6-9-7-19-13(16-9)10-4-3-8(14)5-11(10)15/h3-5,7H,2,6H2,1H3. The third-order valence-corrected chi connectivity index (χ3v) is 3.76. The van der Waals surface area contributed by atoms with Crippen LogP contribution in [0.2, 0.25) is 0 Å². The van der Waals surface area contributed by atoms with Crippen LogP contribution in [0.15, 0.2) is 28.1 Å². The fourth-order valence-electron chi connectivity index (χ4n) is 1.53. The molecule has 0 saturated heterocycles. The minimum atomic E-state index is -0.341. The van der Waals surface area contributed by atoms with Crippen molar-refractivity contribution in [2.24, 2.45) is 0 Å². The van der Waals surface area contributed by atoms with Crippen LogP contribution in [-0.4, -0.2) is 17.6 Å². The molecule has 0 amide bonds. The summed E-state index contributed by atoms with van der Waals surface area (Å²) in [5.41, 5.74) is 1.03. The topological polar surface area (TPSA) is 39.2 Å². The number of carbonyl (C=O) groups excluding carboxylic acids is 1. The van der Waals surface area contributed by atoms with E-state index < -0.39 is 0 Å². The Bertz CT molecular complexity index is 600. The van der Waals surface area contributed by atoms with Crippen LogP contribution in [-0.2, 0) is 16.0 Å². The highest BCUT2D eigenvalue weighted by Crippen LogP contribution is 2.28. The first-order chi connectivity index (χ1) is 9.10. The van der Waals surface area contributed by atoms with Crippen LogP contribution in [0, 0.1) is 5.82 Å². The molecule has 0 spiro atoms. The van der Waals surface area contributed by atoms with Gasteiger partial charge >= 0.3 is 5.97 Å². The highest BCUT2D eigenvalue weighted by Gasteiger charge is 2.12. The summed E-state index contributed by atoms with van der Waals surface area (Å²) in [6, 6.07) is 4.80. The molecule has 0 saturated carbocycles. The van der Waals surface area contributed by atoms with Crippen molar-refractivity contribution in [2.45, 2.75) is 13.3 Å². The Morgan fingerprint density at radius 1 is 1.53 bits per heavy atom. The lowest BCUT2D eigenvalue weighted by atomic mass is 10.2. The lowest BCUT2D eigenvalue weighted by Crippen LogP contribution is -2.07. The van der Waals surface area contributed by atoms with Crippen molar-refractivity contribution in [1.82, 2.24) is 4.98 Å². The number of aromatic nitrogens is 1. The van der Waals surface area contributed by atoms with Crippen molar-refractivity contribution < 1.29 is 13.9 Å². The molecular weight excluding hydrogens is 333 g/mol. The minimum absolute atomic E-state index is 0.114. The van der Waals surface area contributed by atoms with E-state index in [1.165, 1.54) is 17.4 Å². The maximum atomic E-state index is 13.8. The van der Waals surface area contributed by atoms with Crippen LogP contribution in [0.1, 0.15) is 12.6 Å². The maximum Gasteiger partial charge on any atom is 0.311 e. The normalized spacial score (nSPS) is 10.5. The molecule has 100 valence electrons. The zero-order chi connectivity index (χ0) is 13.8. The molecule has 0 unspecified atom stereocenters. The van der Waals surface area contributed by atoms with Gasteiger partial charge in [-0.3, -0.25) is 4.79 Å². The summed E-state index contributed by atoms with van der Waals surface area (Å²) >= 11 is 4.51. The third-order valence-electron chi connectivity index (χ3n) is 2.34. The minimum Gasteiger partial charge on any atom is -0.466 e. The van der Waals surface area contributed by atoms with Crippen molar-refractivity contribution in [3.05, 3.63) is 39.6 Å². The Hall–Kier alpha value is -1.27. The summed E-state index contributed by atoms with van der Waals surface area (Å²) < 4.78 is 19.3. The predicted octanol–water partition coefficient (Wildman–Crippen LogP) is 3.82. The van der Waals surface area contributed by atoms with Gasteiger partial charge < -0.3 is 4.74 Å². The first-order valence-corrected chi connectivity index (χ1v) is 7.33. The molecule has 0 aliphatic heterocycles. The largest absolute Gasteiger partial charge is 0.466 e. The molecule has 0 aliphatic carbocycles. The summed E-state index contributed by atoms with van der Waals surface area (Å²) in [6.07, 6.45) is 0.114. The Morgan fingerprint density at radius 3 is 3.00 bits per heavy atom. The summed E-state index contributed by atoms with van der Waals surface area (Å²) in [6.45, 7) is 2.10. The van der Waals surface area contributed by atoms with Gasteiger partial charge in [0.2, 0.25) is 0 Å². The molecular formula is C13H11BrFNO2S. The molecule has 0 N–H and O–H groups in total. The second-order valence-electron chi connectivity index (χ2n) is 3.75. The number of rotatable bonds is 4. The number of carbonyl (C=O) groups is 1. The van der Waals surface area contributed by atoms with Gasteiger partial charge in [-0.15, -0.1) is 11.3 Å². The van der Waals surface area contributed by atoms with E-state index in [0.717, 1.165) is 0 Å². The number of halogens is 2. The van der Waals surface area contributed by atoms with E-state index in [9.17, 15) is 9.18 Å². The highest BCUT2D eigenvalue weighted by molar-refractivity contribution is 9.10. The highest BCUT2D eigenvalue weighted by atomic mass is 79.9. The Labute approximate surface area is 122 Å². The van der Waals surface area contributed by atoms with Crippen molar-refractivity contribution in [3.8, 4) is 10.6 Å². The number of nitrogens with zero attached hydrogens (tertiary/aromatic N) is 1. The van der Waals surface area contributed by atoms with Crippen LogP contribution in [0.4, 0.5) is 4.39 Å². The van der Waals surface area contributed by atoms with Crippen LogP contribution in [0.3, 0.4) is 0 Å². The summed E-state index contributed by atoms with van der Waals surface area (Å²) in [4.78, 5) is 15.6. The number of esters is 1. The number of benzene rings is 1. The zero-order valence-corrected chi connectivity index (χ0v) is 12.6. The third kappa shape index (κ3) is 3.61. The van der Waals surface area contributed by atoms with E-state index in [-0.39, 0.29) is 18.2 Å². The van der Waals surface area contributed by atoms with Gasteiger partial charge in [0.25, 0.3) is 0 Å². The molecule has 0 aliphatic rings. The molecule has 0 radical (unpaired) electrons. The van der Waals surface area contributed by atoms with E-state index in [1.807, 2.05) is 0 Å². The number of ether oxygens (including phenoxy) is 1. The van der Waals surface area contributed by atoms with Crippen molar-refractivity contribution in [1.29, 1.82) is 0 Å². The fraction of sp³-hybridized carbons (Fsp3) is 0.231. The first kappa shape index (κ1) is 14.1. The molecule has 2 aromatic rings.